The Morgan fingerprint density at radius 1 is 1.06 bits per heavy atom. The van der Waals surface area contributed by atoms with Crippen molar-refractivity contribution in [1.82, 2.24) is 20.2 Å². The number of aromatic nitrogens is 2. The van der Waals surface area contributed by atoms with E-state index in [2.05, 4.69) is 64.5 Å². The number of amides is 2. The number of morpholine rings is 1. The van der Waals surface area contributed by atoms with Gasteiger partial charge in [-0.15, -0.1) is 0 Å². The fourth-order valence-electron chi connectivity index (χ4n) is 5.72. The second kappa shape index (κ2) is 8.91. The summed E-state index contributed by atoms with van der Waals surface area (Å²) in [6.07, 6.45) is 5.76. The average molecular weight is 451 g/mol. The molecule has 2 saturated heterocycles. The van der Waals surface area contributed by atoms with Gasteiger partial charge in [-0.05, 0) is 51.4 Å². The Hall–Kier alpha value is -2.71. The van der Waals surface area contributed by atoms with Crippen molar-refractivity contribution in [2.24, 2.45) is 0 Å². The lowest BCUT2D eigenvalue weighted by atomic mass is 9.64. The molecule has 3 heterocycles. The Kier molecular flexibility index (Phi) is 5.97. The van der Waals surface area contributed by atoms with Crippen LogP contribution in [0.15, 0.2) is 42.6 Å². The lowest BCUT2D eigenvalue weighted by Gasteiger charge is -2.46. The lowest BCUT2D eigenvalue weighted by Crippen LogP contribution is -2.52. The van der Waals surface area contributed by atoms with Crippen molar-refractivity contribution in [2.45, 2.75) is 36.6 Å². The number of likely N-dealkylation sites (N-methyl/N-ethyl adjacent to an activating group) is 1. The first-order valence-corrected chi connectivity index (χ1v) is 11.9. The van der Waals surface area contributed by atoms with Crippen LogP contribution in [0.5, 0.6) is 0 Å². The third-order valence-corrected chi connectivity index (χ3v) is 7.45. The van der Waals surface area contributed by atoms with Crippen LogP contribution in [0.1, 0.15) is 31.2 Å². The van der Waals surface area contributed by atoms with E-state index < -0.39 is 0 Å². The quantitative estimate of drug-likeness (QED) is 0.755. The van der Waals surface area contributed by atoms with Gasteiger partial charge >= 0.3 is 6.03 Å². The molecule has 3 fully saturated rings. The van der Waals surface area contributed by atoms with Crippen LogP contribution in [0.4, 0.5) is 16.6 Å². The maximum absolute atomic E-state index is 13.1. The number of urea groups is 1. The molecule has 1 spiro atoms. The summed E-state index contributed by atoms with van der Waals surface area (Å²) in [4.78, 5) is 28.4. The SMILES string of the molecule is CN(C)C[C@]1(c2ccccc2)CC[C@]2(CC1)CN(c1ccnc(N3CCOCC3)n1)C(=O)N2. The van der Waals surface area contributed by atoms with Gasteiger partial charge in [0.1, 0.15) is 5.82 Å². The molecular formula is C25H34N6O2. The molecule has 0 bridgehead atoms. The zero-order chi connectivity index (χ0) is 22.9. The summed E-state index contributed by atoms with van der Waals surface area (Å²) in [7, 11) is 4.30. The summed E-state index contributed by atoms with van der Waals surface area (Å²) in [6.45, 7) is 4.56. The predicted molar refractivity (Wildman–Crippen MR) is 129 cm³/mol. The van der Waals surface area contributed by atoms with Gasteiger partial charge in [0.15, 0.2) is 0 Å². The van der Waals surface area contributed by atoms with Gasteiger partial charge < -0.3 is 19.9 Å². The van der Waals surface area contributed by atoms with E-state index in [-0.39, 0.29) is 17.0 Å². The van der Waals surface area contributed by atoms with Crippen molar-refractivity contribution in [2.75, 3.05) is 63.3 Å². The third-order valence-electron chi connectivity index (χ3n) is 7.45. The monoisotopic (exact) mass is 450 g/mol. The van der Waals surface area contributed by atoms with Crippen LogP contribution in [0.3, 0.4) is 0 Å². The van der Waals surface area contributed by atoms with Gasteiger partial charge in [-0.3, -0.25) is 4.90 Å². The number of nitrogens with zero attached hydrogens (tertiary/aromatic N) is 5. The summed E-state index contributed by atoms with van der Waals surface area (Å²) >= 11 is 0. The minimum Gasteiger partial charge on any atom is -0.378 e. The average Bonchev–Trinajstić information content (AvgIpc) is 3.18. The molecule has 0 atom stereocenters. The first-order chi connectivity index (χ1) is 16.0. The Balaban J connectivity index is 1.33. The van der Waals surface area contributed by atoms with E-state index in [9.17, 15) is 4.79 Å². The fraction of sp³-hybridized carbons (Fsp3) is 0.560. The molecule has 0 unspecified atom stereocenters. The number of benzene rings is 1. The van der Waals surface area contributed by atoms with Crippen molar-refractivity contribution in [3.05, 3.63) is 48.2 Å². The molecule has 2 aromatic rings. The van der Waals surface area contributed by atoms with E-state index in [4.69, 9.17) is 9.72 Å². The number of nitrogens with one attached hydrogen (secondary N) is 1. The first-order valence-electron chi connectivity index (χ1n) is 11.9. The van der Waals surface area contributed by atoms with Gasteiger partial charge in [0.25, 0.3) is 0 Å². The Morgan fingerprint density at radius 2 is 1.79 bits per heavy atom. The Labute approximate surface area is 195 Å². The topological polar surface area (TPSA) is 73.8 Å². The molecule has 1 aromatic carbocycles. The maximum Gasteiger partial charge on any atom is 0.323 e. The second-order valence-electron chi connectivity index (χ2n) is 10.00. The van der Waals surface area contributed by atoms with E-state index >= 15 is 0 Å². The molecule has 1 N–H and O–H groups in total. The minimum absolute atomic E-state index is 0.0542. The number of anilines is 2. The van der Waals surface area contributed by atoms with E-state index in [0.717, 1.165) is 45.3 Å². The van der Waals surface area contributed by atoms with Gasteiger partial charge in [0.05, 0.1) is 25.3 Å². The van der Waals surface area contributed by atoms with Gasteiger partial charge in [-0.2, -0.15) is 4.98 Å². The van der Waals surface area contributed by atoms with Gasteiger partial charge in [0.2, 0.25) is 5.95 Å². The molecule has 0 radical (unpaired) electrons. The highest BCUT2D eigenvalue weighted by Gasteiger charge is 2.49. The van der Waals surface area contributed by atoms with Crippen molar-refractivity contribution in [1.29, 1.82) is 0 Å². The number of rotatable bonds is 5. The third kappa shape index (κ3) is 4.42. The molecule has 1 saturated carbocycles. The maximum atomic E-state index is 13.1. The van der Waals surface area contributed by atoms with Crippen LogP contribution >= 0.6 is 0 Å². The second-order valence-corrected chi connectivity index (χ2v) is 10.00. The lowest BCUT2D eigenvalue weighted by molar-refractivity contribution is 0.122. The smallest absolute Gasteiger partial charge is 0.323 e. The molecule has 3 aliphatic rings. The Morgan fingerprint density at radius 3 is 2.48 bits per heavy atom. The molecule has 1 aromatic heterocycles. The highest BCUT2D eigenvalue weighted by Crippen LogP contribution is 2.45. The van der Waals surface area contributed by atoms with E-state index in [1.54, 1.807) is 11.1 Å². The standard InChI is InChI=1S/C25H34N6O2/c1-29(2)18-24(20-6-4-3-5-7-20)9-11-25(12-10-24)19-31(23(32)28-25)21-8-13-26-22(27-21)30-14-16-33-17-15-30/h3-8,13H,9-12,14-19H2,1-2H3,(H,28,32)/t24-,25-. The molecule has 1 aliphatic carbocycles. The summed E-state index contributed by atoms with van der Waals surface area (Å²) in [5.41, 5.74) is 1.32. The number of carbonyl (C=O) groups is 1. The normalized spacial score (nSPS) is 27.9. The van der Waals surface area contributed by atoms with Crippen molar-refractivity contribution in [3.63, 3.8) is 0 Å². The van der Waals surface area contributed by atoms with E-state index in [0.29, 0.717) is 31.5 Å². The van der Waals surface area contributed by atoms with Crippen LogP contribution in [0.25, 0.3) is 0 Å². The molecule has 8 heteroatoms. The Bertz CT molecular complexity index is 968. The zero-order valence-electron chi connectivity index (χ0n) is 19.7. The largest absolute Gasteiger partial charge is 0.378 e. The van der Waals surface area contributed by atoms with Crippen molar-refractivity contribution < 1.29 is 9.53 Å². The number of carbonyl (C=O) groups excluding carboxylic acids is 1. The first kappa shape index (κ1) is 22.1. The fourth-order valence-corrected chi connectivity index (χ4v) is 5.72. The molecule has 33 heavy (non-hydrogen) atoms. The van der Waals surface area contributed by atoms with Crippen LogP contribution in [-0.4, -0.2) is 79.9 Å². The molecule has 5 rings (SSSR count). The predicted octanol–water partition coefficient (Wildman–Crippen LogP) is 2.66. The molecule has 2 aliphatic heterocycles. The summed E-state index contributed by atoms with van der Waals surface area (Å²) < 4.78 is 5.44. The number of ether oxygens (including phenoxy) is 1. The van der Waals surface area contributed by atoms with Crippen LogP contribution in [0.2, 0.25) is 0 Å². The highest BCUT2D eigenvalue weighted by molar-refractivity contribution is 5.94. The van der Waals surface area contributed by atoms with Gasteiger partial charge in [-0.1, -0.05) is 30.3 Å². The summed E-state index contributed by atoms with van der Waals surface area (Å²) in [5.74, 6) is 1.34. The molecule has 8 nitrogen and oxygen atoms in total. The highest BCUT2D eigenvalue weighted by atomic mass is 16.5. The van der Waals surface area contributed by atoms with Crippen LogP contribution in [0, 0.1) is 0 Å². The number of hydrogen-bond acceptors (Lipinski definition) is 6. The van der Waals surface area contributed by atoms with Crippen LogP contribution < -0.4 is 15.1 Å². The van der Waals surface area contributed by atoms with E-state index in [1.165, 1.54) is 5.56 Å². The van der Waals surface area contributed by atoms with Crippen molar-refractivity contribution in [3.8, 4) is 0 Å². The zero-order valence-corrected chi connectivity index (χ0v) is 19.7. The summed E-state index contributed by atoms with van der Waals surface area (Å²) in [5, 5.41) is 3.34. The summed E-state index contributed by atoms with van der Waals surface area (Å²) in [6, 6.07) is 12.7. The van der Waals surface area contributed by atoms with E-state index in [1.807, 2.05) is 6.07 Å². The van der Waals surface area contributed by atoms with Gasteiger partial charge in [-0.25, -0.2) is 9.78 Å². The van der Waals surface area contributed by atoms with Crippen molar-refractivity contribution >= 4 is 17.8 Å². The molecular weight excluding hydrogens is 416 g/mol. The van der Waals surface area contributed by atoms with Crippen LogP contribution in [-0.2, 0) is 10.2 Å². The van der Waals surface area contributed by atoms with Gasteiger partial charge in [0, 0.05) is 31.2 Å². The number of hydrogen-bond donors (Lipinski definition) is 1. The molecule has 2 amide bonds. The minimum atomic E-state index is -0.203. The molecule has 176 valence electrons.